The van der Waals surface area contributed by atoms with E-state index < -0.39 is 34.1 Å². The molecule has 1 aromatic carbocycles. The predicted molar refractivity (Wildman–Crippen MR) is 95.8 cm³/mol. The van der Waals surface area contributed by atoms with E-state index in [-0.39, 0.29) is 23.2 Å². The van der Waals surface area contributed by atoms with Gasteiger partial charge in [-0.2, -0.15) is 0 Å². The number of nitrogens with two attached hydrogens (primary N) is 1. The molecule has 0 radical (unpaired) electrons. The van der Waals surface area contributed by atoms with E-state index in [9.17, 15) is 19.7 Å². The fourth-order valence-electron chi connectivity index (χ4n) is 2.09. The van der Waals surface area contributed by atoms with Crippen molar-refractivity contribution in [2.75, 3.05) is 0 Å². The van der Waals surface area contributed by atoms with Gasteiger partial charge in [-0.15, -0.1) is 0 Å². The Balaban J connectivity index is 3.11. The Morgan fingerprint density at radius 2 is 1.65 bits per heavy atom. The Bertz CT molecular complexity index is 701. The summed E-state index contributed by atoms with van der Waals surface area (Å²) in [5, 5.41) is 11.2. The number of hydrogen-bond donors (Lipinski definition) is 1. The lowest BCUT2D eigenvalue weighted by molar-refractivity contribution is -0.385. The quantitative estimate of drug-likeness (QED) is 0.483. The van der Waals surface area contributed by atoms with Crippen LogP contribution >= 0.6 is 0 Å². The summed E-state index contributed by atoms with van der Waals surface area (Å²) >= 11 is 0. The van der Waals surface area contributed by atoms with E-state index in [2.05, 4.69) is 0 Å². The van der Waals surface area contributed by atoms with Gasteiger partial charge in [0.1, 0.15) is 17.2 Å². The van der Waals surface area contributed by atoms with E-state index in [0.29, 0.717) is 0 Å². The molecule has 1 rings (SSSR count). The minimum absolute atomic E-state index is 0.137. The van der Waals surface area contributed by atoms with Crippen LogP contribution in [0.15, 0.2) is 18.2 Å². The number of hydrogen-bond acceptors (Lipinski definition) is 7. The third-order valence-corrected chi connectivity index (χ3v) is 3.06. The third-order valence-electron chi connectivity index (χ3n) is 3.06. The van der Waals surface area contributed by atoms with Gasteiger partial charge < -0.3 is 15.2 Å². The average molecular weight is 366 g/mol. The molecule has 26 heavy (non-hydrogen) atoms. The van der Waals surface area contributed by atoms with Crippen molar-refractivity contribution in [2.45, 2.75) is 65.2 Å². The molecule has 0 aliphatic rings. The van der Waals surface area contributed by atoms with Gasteiger partial charge in [-0.25, -0.2) is 4.79 Å². The molecule has 0 bridgehead atoms. The minimum atomic E-state index is -1.10. The summed E-state index contributed by atoms with van der Waals surface area (Å²) in [6.07, 6.45) is -0.137. The molecule has 2 N–H and O–H groups in total. The van der Waals surface area contributed by atoms with Crippen molar-refractivity contribution in [1.82, 2.24) is 0 Å². The number of ether oxygens (including phenoxy) is 2. The van der Waals surface area contributed by atoms with Crippen LogP contribution in [0.25, 0.3) is 0 Å². The van der Waals surface area contributed by atoms with Crippen LogP contribution in [0.5, 0.6) is 0 Å². The van der Waals surface area contributed by atoms with Gasteiger partial charge >= 0.3 is 11.9 Å². The summed E-state index contributed by atoms with van der Waals surface area (Å²) in [4.78, 5) is 34.9. The summed E-state index contributed by atoms with van der Waals surface area (Å²) in [6, 6.07) is 2.75. The van der Waals surface area contributed by atoms with Crippen LogP contribution in [0.3, 0.4) is 0 Å². The molecule has 8 nitrogen and oxygen atoms in total. The molecule has 0 heterocycles. The van der Waals surface area contributed by atoms with Crippen molar-refractivity contribution in [3.8, 4) is 0 Å². The predicted octanol–water partition coefficient (Wildman–Crippen LogP) is 2.76. The second-order valence-electron chi connectivity index (χ2n) is 7.95. The summed E-state index contributed by atoms with van der Waals surface area (Å²) in [7, 11) is 0. The van der Waals surface area contributed by atoms with Gasteiger partial charge in [-0.1, -0.05) is 0 Å². The molecule has 144 valence electrons. The summed E-state index contributed by atoms with van der Waals surface area (Å²) in [6.45, 7) is 10.2. The van der Waals surface area contributed by atoms with E-state index in [0.717, 1.165) is 0 Å². The molecule has 0 unspecified atom stereocenters. The van der Waals surface area contributed by atoms with Crippen LogP contribution in [0.4, 0.5) is 5.69 Å². The highest BCUT2D eigenvalue weighted by atomic mass is 16.6. The SMILES string of the molecule is CC(C)(C)OC(=O)c1ccc([N+](=O)[O-])c(C[C@H](N)C(=O)OC(C)(C)C)c1. The van der Waals surface area contributed by atoms with Gasteiger partial charge in [0.05, 0.1) is 10.5 Å². The second-order valence-corrected chi connectivity index (χ2v) is 7.95. The molecule has 0 aromatic heterocycles. The van der Waals surface area contributed by atoms with Crippen LogP contribution < -0.4 is 5.73 Å². The van der Waals surface area contributed by atoms with Gasteiger partial charge in [-0.3, -0.25) is 14.9 Å². The van der Waals surface area contributed by atoms with Crippen molar-refractivity contribution < 1.29 is 24.0 Å². The maximum absolute atomic E-state index is 12.2. The maximum Gasteiger partial charge on any atom is 0.338 e. The molecule has 0 saturated heterocycles. The molecule has 0 aliphatic carbocycles. The number of carbonyl (C=O) groups excluding carboxylic acids is 2. The smallest absolute Gasteiger partial charge is 0.338 e. The number of rotatable bonds is 5. The number of benzene rings is 1. The van der Waals surface area contributed by atoms with Crippen LogP contribution in [-0.4, -0.2) is 34.1 Å². The summed E-state index contributed by atoms with van der Waals surface area (Å²) in [5.74, 6) is -1.28. The van der Waals surface area contributed by atoms with Gasteiger partial charge in [-0.05, 0) is 53.7 Å². The lowest BCUT2D eigenvalue weighted by atomic mass is 10.0. The first-order chi connectivity index (χ1) is 11.7. The topological polar surface area (TPSA) is 122 Å². The van der Waals surface area contributed by atoms with Crippen LogP contribution in [-0.2, 0) is 20.7 Å². The Hall–Kier alpha value is -2.48. The lowest BCUT2D eigenvalue weighted by Gasteiger charge is -2.22. The maximum atomic E-state index is 12.2. The van der Waals surface area contributed by atoms with E-state index in [1.165, 1.54) is 18.2 Å². The zero-order chi connectivity index (χ0) is 20.3. The fourth-order valence-corrected chi connectivity index (χ4v) is 2.09. The van der Waals surface area contributed by atoms with Crippen molar-refractivity contribution in [3.63, 3.8) is 0 Å². The molecule has 0 saturated carbocycles. The zero-order valence-corrected chi connectivity index (χ0v) is 16.0. The molecule has 0 spiro atoms. The van der Waals surface area contributed by atoms with E-state index >= 15 is 0 Å². The van der Waals surface area contributed by atoms with E-state index in [4.69, 9.17) is 15.2 Å². The average Bonchev–Trinajstić information content (AvgIpc) is 2.43. The summed E-state index contributed by atoms with van der Waals surface area (Å²) in [5.41, 5.74) is 4.50. The Morgan fingerprint density at radius 3 is 2.12 bits per heavy atom. The molecule has 1 aromatic rings. The second kappa shape index (κ2) is 7.82. The van der Waals surface area contributed by atoms with Crippen LogP contribution in [0.1, 0.15) is 57.5 Å². The summed E-state index contributed by atoms with van der Waals surface area (Å²) < 4.78 is 10.5. The molecule has 0 aliphatic heterocycles. The van der Waals surface area contributed by atoms with Crippen molar-refractivity contribution in [2.24, 2.45) is 5.73 Å². The van der Waals surface area contributed by atoms with E-state index in [1.807, 2.05) is 0 Å². The first-order valence-electron chi connectivity index (χ1n) is 8.19. The van der Waals surface area contributed by atoms with Gasteiger partial charge in [0, 0.05) is 18.1 Å². The van der Waals surface area contributed by atoms with Crippen molar-refractivity contribution in [1.29, 1.82) is 0 Å². The highest BCUT2D eigenvalue weighted by Gasteiger charge is 2.27. The van der Waals surface area contributed by atoms with E-state index in [1.54, 1.807) is 41.5 Å². The minimum Gasteiger partial charge on any atom is -0.459 e. The molecular formula is C18H26N2O6. The zero-order valence-electron chi connectivity index (χ0n) is 16.0. The highest BCUT2D eigenvalue weighted by Crippen LogP contribution is 2.23. The molecular weight excluding hydrogens is 340 g/mol. The first-order valence-corrected chi connectivity index (χ1v) is 8.19. The number of carbonyl (C=O) groups is 2. The normalized spacial score (nSPS) is 13.0. The lowest BCUT2D eigenvalue weighted by Crippen LogP contribution is -2.39. The number of nitro groups is 1. The largest absolute Gasteiger partial charge is 0.459 e. The van der Waals surface area contributed by atoms with Gasteiger partial charge in [0.15, 0.2) is 0 Å². The number of nitrogens with zero attached hydrogens (tertiary/aromatic N) is 1. The Labute approximate surface area is 152 Å². The molecule has 0 amide bonds. The first kappa shape index (κ1) is 21.6. The molecule has 8 heteroatoms. The molecule has 1 atom stereocenters. The Morgan fingerprint density at radius 1 is 1.12 bits per heavy atom. The standard InChI is InChI=1S/C18H26N2O6/c1-17(2,3)25-15(21)11-7-8-14(20(23)24)12(9-11)10-13(19)16(22)26-18(4,5)6/h7-9,13H,10,19H2,1-6H3/t13-/m0/s1. The number of esters is 2. The van der Waals surface area contributed by atoms with Crippen molar-refractivity contribution >= 4 is 17.6 Å². The molecule has 0 fully saturated rings. The third kappa shape index (κ3) is 6.79. The van der Waals surface area contributed by atoms with Crippen LogP contribution in [0, 0.1) is 10.1 Å². The number of nitro benzene ring substituents is 1. The fraction of sp³-hybridized carbons (Fsp3) is 0.556. The van der Waals surface area contributed by atoms with Gasteiger partial charge in [0.25, 0.3) is 5.69 Å². The highest BCUT2D eigenvalue weighted by molar-refractivity contribution is 5.90. The van der Waals surface area contributed by atoms with Crippen molar-refractivity contribution in [3.05, 3.63) is 39.4 Å². The van der Waals surface area contributed by atoms with Crippen LogP contribution in [0.2, 0.25) is 0 Å². The Kier molecular flexibility index (Phi) is 6.49. The van der Waals surface area contributed by atoms with Gasteiger partial charge in [0.2, 0.25) is 0 Å². The monoisotopic (exact) mass is 366 g/mol.